The molecule has 9 heteroatoms. The highest BCUT2D eigenvalue weighted by molar-refractivity contribution is 5.93. The van der Waals surface area contributed by atoms with Crippen molar-refractivity contribution in [3.05, 3.63) is 60.4 Å². The van der Waals surface area contributed by atoms with Crippen molar-refractivity contribution in [1.29, 1.82) is 0 Å². The van der Waals surface area contributed by atoms with Gasteiger partial charge in [0.25, 0.3) is 5.89 Å². The monoisotopic (exact) mass is 480 g/mol. The summed E-state index contributed by atoms with van der Waals surface area (Å²) in [5.41, 5.74) is 3.14. The van der Waals surface area contributed by atoms with Crippen LogP contribution in [0.15, 0.2) is 59.1 Å². The lowest BCUT2D eigenvalue weighted by Gasteiger charge is -2.22. The van der Waals surface area contributed by atoms with Gasteiger partial charge in [-0.1, -0.05) is 43.1 Å². The minimum absolute atomic E-state index is 0.0812. The number of hydrogen-bond acceptors (Lipinski definition) is 7. The number of hydrogen-bond donors (Lipinski definition) is 2. The van der Waals surface area contributed by atoms with E-state index in [4.69, 9.17) is 14.5 Å². The highest BCUT2D eigenvalue weighted by Gasteiger charge is 2.20. The molecule has 0 spiro atoms. The van der Waals surface area contributed by atoms with Gasteiger partial charge in [0, 0.05) is 24.1 Å². The number of rotatable bonds is 14. The quantitative estimate of drug-likeness (QED) is 0.191. The summed E-state index contributed by atoms with van der Waals surface area (Å²) in [4.78, 5) is 30.4. The molecule has 0 saturated carbocycles. The lowest BCUT2D eigenvalue weighted by Crippen LogP contribution is -2.30. The maximum atomic E-state index is 13.2. The van der Waals surface area contributed by atoms with Gasteiger partial charge in [-0.05, 0) is 55.7 Å². The van der Waals surface area contributed by atoms with E-state index >= 15 is 0 Å². The number of carbonyl (C=O) groups excluding carboxylic acids is 2. The molecule has 2 aromatic carbocycles. The van der Waals surface area contributed by atoms with Gasteiger partial charge in [0.2, 0.25) is 11.8 Å². The number of benzene rings is 2. The van der Waals surface area contributed by atoms with Crippen molar-refractivity contribution in [2.24, 2.45) is 0 Å². The second-order valence-corrected chi connectivity index (χ2v) is 8.15. The van der Waals surface area contributed by atoms with E-state index in [1.807, 2.05) is 54.6 Å². The molecule has 0 aliphatic heterocycles. The first-order valence-electron chi connectivity index (χ1n) is 11.9. The van der Waals surface area contributed by atoms with Gasteiger partial charge in [-0.3, -0.25) is 14.8 Å². The van der Waals surface area contributed by atoms with Crippen LogP contribution in [-0.2, 0) is 16.1 Å². The van der Waals surface area contributed by atoms with Crippen molar-refractivity contribution in [3.8, 4) is 17.2 Å². The van der Waals surface area contributed by atoms with Crippen molar-refractivity contribution in [3.63, 3.8) is 0 Å². The van der Waals surface area contributed by atoms with Crippen molar-refractivity contribution in [2.75, 3.05) is 11.5 Å². The fourth-order valence-corrected chi connectivity index (χ4v) is 3.47. The van der Waals surface area contributed by atoms with Crippen LogP contribution in [0.3, 0.4) is 0 Å². The van der Waals surface area contributed by atoms with Crippen LogP contribution >= 0.6 is 0 Å². The molecule has 0 unspecified atom stereocenters. The predicted octanol–water partition coefficient (Wildman–Crippen LogP) is 4.90. The molecule has 1 aromatic heterocycles. The summed E-state index contributed by atoms with van der Waals surface area (Å²) in [6.07, 6.45) is 4.46. The maximum absolute atomic E-state index is 13.2. The molecule has 0 bridgehead atoms. The second kappa shape index (κ2) is 13.9. The van der Waals surface area contributed by atoms with Gasteiger partial charge in [0.15, 0.2) is 5.82 Å². The lowest BCUT2D eigenvalue weighted by atomic mass is 10.1. The first kappa shape index (κ1) is 25.9. The summed E-state index contributed by atoms with van der Waals surface area (Å²) >= 11 is 0. The van der Waals surface area contributed by atoms with Crippen molar-refractivity contribution >= 4 is 17.5 Å². The van der Waals surface area contributed by atoms with Crippen LogP contribution in [0.2, 0.25) is 0 Å². The summed E-state index contributed by atoms with van der Waals surface area (Å²) in [6.45, 7) is 2.93. The summed E-state index contributed by atoms with van der Waals surface area (Å²) in [6, 6.07) is 16.9. The van der Waals surface area contributed by atoms with Gasteiger partial charge in [-0.15, -0.1) is 0 Å². The Bertz CT molecular complexity index is 1050. The second-order valence-electron chi connectivity index (χ2n) is 8.15. The van der Waals surface area contributed by atoms with Gasteiger partial charge in [-0.25, -0.2) is 5.48 Å². The first-order valence-corrected chi connectivity index (χ1v) is 11.9. The Hall–Kier alpha value is -3.72. The highest BCUT2D eigenvalue weighted by atomic mass is 16.5. The lowest BCUT2D eigenvalue weighted by molar-refractivity contribution is -0.129. The SMILES string of the molecule is CCCCOc1ccc(N(Cc2noc(-c3ccccc3)n2)C(=O)CCCCCC(=O)NO)cc1. The van der Waals surface area contributed by atoms with E-state index in [1.54, 1.807) is 10.4 Å². The Morgan fingerprint density at radius 1 is 1.00 bits per heavy atom. The van der Waals surface area contributed by atoms with E-state index in [-0.39, 0.29) is 18.9 Å². The zero-order chi connectivity index (χ0) is 24.9. The van der Waals surface area contributed by atoms with Crippen molar-refractivity contribution < 1.29 is 24.1 Å². The number of nitrogens with one attached hydrogen (secondary N) is 1. The number of anilines is 1. The van der Waals surface area contributed by atoms with Gasteiger partial charge >= 0.3 is 0 Å². The van der Waals surface area contributed by atoms with E-state index in [0.29, 0.717) is 49.7 Å². The smallest absolute Gasteiger partial charge is 0.257 e. The molecule has 3 aromatic rings. The average molecular weight is 481 g/mol. The standard InChI is InChI=1S/C26H32N4O5/c1-2-3-18-34-22-16-14-21(15-17-22)30(25(32)13-9-5-8-12-24(31)28-33)19-23-27-26(35-29-23)20-10-6-4-7-11-20/h4,6-7,10-11,14-17,33H,2-3,5,8-9,12-13,18-19H2,1H3,(H,28,31). The van der Waals surface area contributed by atoms with Gasteiger partial charge < -0.3 is 14.2 Å². The normalized spacial score (nSPS) is 10.7. The summed E-state index contributed by atoms with van der Waals surface area (Å²) < 4.78 is 11.1. The van der Waals surface area contributed by atoms with Crippen LogP contribution in [0.25, 0.3) is 11.5 Å². The van der Waals surface area contributed by atoms with Gasteiger partial charge in [-0.2, -0.15) is 4.98 Å². The topological polar surface area (TPSA) is 118 Å². The molecule has 0 radical (unpaired) electrons. The number of aromatic nitrogens is 2. The van der Waals surface area contributed by atoms with E-state index in [0.717, 1.165) is 24.2 Å². The Kier molecular flexibility index (Phi) is 10.3. The molecule has 0 saturated heterocycles. The van der Waals surface area contributed by atoms with Crippen LogP contribution in [0.1, 0.15) is 57.7 Å². The Morgan fingerprint density at radius 2 is 1.74 bits per heavy atom. The minimum Gasteiger partial charge on any atom is -0.494 e. The molecule has 186 valence electrons. The summed E-state index contributed by atoms with van der Waals surface area (Å²) in [5.74, 6) is 1.05. The Labute approximate surface area is 205 Å². The minimum atomic E-state index is -0.425. The molecule has 0 aliphatic carbocycles. The van der Waals surface area contributed by atoms with Crippen LogP contribution < -0.4 is 15.1 Å². The predicted molar refractivity (Wildman–Crippen MR) is 131 cm³/mol. The third-order valence-electron chi connectivity index (χ3n) is 5.42. The van der Waals surface area contributed by atoms with Crippen LogP contribution in [0.4, 0.5) is 5.69 Å². The zero-order valence-corrected chi connectivity index (χ0v) is 20.0. The van der Waals surface area contributed by atoms with E-state index in [2.05, 4.69) is 17.1 Å². The number of amides is 2. The van der Waals surface area contributed by atoms with E-state index in [9.17, 15) is 9.59 Å². The molecule has 0 aliphatic rings. The van der Waals surface area contributed by atoms with Crippen LogP contribution in [0.5, 0.6) is 5.75 Å². The van der Waals surface area contributed by atoms with Crippen LogP contribution in [-0.4, -0.2) is 33.8 Å². The zero-order valence-electron chi connectivity index (χ0n) is 20.0. The molecule has 0 fully saturated rings. The van der Waals surface area contributed by atoms with Gasteiger partial charge in [0.05, 0.1) is 13.2 Å². The highest BCUT2D eigenvalue weighted by Crippen LogP contribution is 2.24. The number of hydroxylamine groups is 1. The van der Waals surface area contributed by atoms with Crippen molar-refractivity contribution in [2.45, 2.75) is 58.4 Å². The third kappa shape index (κ3) is 8.22. The molecule has 35 heavy (non-hydrogen) atoms. The van der Waals surface area contributed by atoms with E-state index in [1.165, 1.54) is 0 Å². The Balaban J connectivity index is 1.68. The summed E-state index contributed by atoms with van der Waals surface area (Å²) in [7, 11) is 0. The molecular weight excluding hydrogens is 448 g/mol. The van der Waals surface area contributed by atoms with E-state index < -0.39 is 5.91 Å². The van der Waals surface area contributed by atoms with Crippen molar-refractivity contribution in [1.82, 2.24) is 15.6 Å². The molecule has 2 amide bonds. The maximum Gasteiger partial charge on any atom is 0.257 e. The third-order valence-corrected chi connectivity index (χ3v) is 5.42. The molecule has 3 rings (SSSR count). The summed E-state index contributed by atoms with van der Waals surface area (Å²) in [5, 5.41) is 12.7. The Morgan fingerprint density at radius 3 is 2.46 bits per heavy atom. The van der Waals surface area contributed by atoms with Gasteiger partial charge in [0.1, 0.15) is 5.75 Å². The number of nitrogens with zero attached hydrogens (tertiary/aromatic N) is 3. The molecular formula is C26H32N4O5. The molecule has 0 atom stereocenters. The molecule has 2 N–H and O–H groups in total. The molecule has 1 heterocycles. The number of ether oxygens (including phenoxy) is 1. The fourth-order valence-electron chi connectivity index (χ4n) is 3.47. The first-order chi connectivity index (χ1) is 17.1. The average Bonchev–Trinajstić information content (AvgIpc) is 3.37. The number of carbonyl (C=O) groups is 2. The van der Waals surface area contributed by atoms with Crippen LogP contribution in [0, 0.1) is 0 Å². The molecule has 9 nitrogen and oxygen atoms in total. The largest absolute Gasteiger partial charge is 0.494 e. The fraction of sp³-hybridized carbons (Fsp3) is 0.385. The number of unbranched alkanes of at least 4 members (excludes halogenated alkanes) is 3.